The van der Waals surface area contributed by atoms with E-state index < -0.39 is 8.32 Å². The molecule has 2 nitrogen and oxygen atoms in total. The van der Waals surface area contributed by atoms with Gasteiger partial charge in [-0.3, -0.25) is 0 Å². The average Bonchev–Trinajstić information content (AvgIpc) is 2.41. The Morgan fingerprint density at radius 1 is 1.38 bits per heavy atom. The normalized spacial score (nSPS) is 32.0. The molecule has 1 heterocycles. The van der Waals surface area contributed by atoms with Crippen molar-refractivity contribution < 1.29 is 9.16 Å². The molecule has 16 heavy (non-hydrogen) atoms. The smallest absolute Gasteiger partial charge is 0.192 e. The maximum atomic E-state index is 6.13. The van der Waals surface area contributed by atoms with E-state index in [4.69, 9.17) is 17.0 Å². The van der Waals surface area contributed by atoms with Crippen molar-refractivity contribution in [1.29, 1.82) is 0 Å². The standard InChI is InChI=1S/C12H25BO2Si/c1-9-7-10(15-11(9)13)8-14-16(5,6)12(2,3)4/h9-11H,7-8H2,1-6H3/t9-,10-,11+/m0/s1. The summed E-state index contributed by atoms with van der Waals surface area (Å²) in [6.45, 7) is 14.1. The fourth-order valence-corrected chi connectivity index (χ4v) is 2.62. The molecule has 0 spiro atoms. The van der Waals surface area contributed by atoms with Gasteiger partial charge in [-0.15, -0.1) is 0 Å². The van der Waals surface area contributed by atoms with E-state index in [-0.39, 0.29) is 17.1 Å². The fourth-order valence-electron chi connectivity index (χ4n) is 1.59. The molecule has 0 aromatic heterocycles. The van der Waals surface area contributed by atoms with E-state index in [0.717, 1.165) is 6.42 Å². The maximum absolute atomic E-state index is 6.13. The van der Waals surface area contributed by atoms with Crippen LogP contribution in [0.2, 0.25) is 18.1 Å². The lowest BCUT2D eigenvalue weighted by Gasteiger charge is -2.36. The van der Waals surface area contributed by atoms with Crippen molar-refractivity contribution >= 4 is 16.2 Å². The molecule has 0 aromatic carbocycles. The maximum Gasteiger partial charge on any atom is 0.192 e. The van der Waals surface area contributed by atoms with Crippen LogP contribution < -0.4 is 0 Å². The number of rotatable bonds is 3. The van der Waals surface area contributed by atoms with Crippen molar-refractivity contribution in [2.75, 3.05) is 6.61 Å². The first-order valence-corrected chi connectivity index (χ1v) is 9.09. The van der Waals surface area contributed by atoms with Gasteiger partial charge < -0.3 is 9.16 Å². The van der Waals surface area contributed by atoms with Gasteiger partial charge in [-0.05, 0) is 30.5 Å². The van der Waals surface area contributed by atoms with E-state index in [2.05, 4.69) is 40.8 Å². The van der Waals surface area contributed by atoms with Gasteiger partial charge in [0, 0.05) is 6.00 Å². The van der Waals surface area contributed by atoms with Crippen molar-refractivity contribution in [3.05, 3.63) is 0 Å². The predicted molar refractivity (Wildman–Crippen MR) is 71.3 cm³/mol. The average molecular weight is 240 g/mol. The molecule has 0 N–H and O–H groups in total. The largest absolute Gasteiger partial charge is 0.414 e. The van der Waals surface area contributed by atoms with E-state index >= 15 is 0 Å². The molecule has 0 saturated carbocycles. The highest BCUT2D eigenvalue weighted by Crippen LogP contribution is 2.37. The molecule has 1 rings (SSSR count). The van der Waals surface area contributed by atoms with Gasteiger partial charge in [0.1, 0.15) is 7.85 Å². The molecule has 92 valence electrons. The van der Waals surface area contributed by atoms with Gasteiger partial charge >= 0.3 is 0 Å². The van der Waals surface area contributed by atoms with E-state index in [1.165, 1.54) is 0 Å². The molecule has 1 aliphatic rings. The molecule has 0 unspecified atom stereocenters. The summed E-state index contributed by atoms with van der Waals surface area (Å²) in [7, 11) is 4.19. The first kappa shape index (κ1) is 14.3. The second-order valence-electron chi connectivity index (χ2n) is 6.51. The monoisotopic (exact) mass is 240 g/mol. The summed E-state index contributed by atoms with van der Waals surface area (Å²) in [6, 6.07) is -0.104. The second kappa shape index (κ2) is 4.83. The Morgan fingerprint density at radius 3 is 2.31 bits per heavy atom. The molecule has 4 heteroatoms. The van der Waals surface area contributed by atoms with Gasteiger partial charge in [-0.25, -0.2) is 0 Å². The molecular weight excluding hydrogens is 215 g/mol. The summed E-state index contributed by atoms with van der Waals surface area (Å²) in [5.41, 5.74) is 0. The highest BCUT2D eigenvalue weighted by molar-refractivity contribution is 6.74. The van der Waals surface area contributed by atoms with Gasteiger partial charge in [-0.2, -0.15) is 0 Å². The topological polar surface area (TPSA) is 18.5 Å². The Labute approximate surface area is 103 Å². The molecule has 1 fully saturated rings. The number of ether oxygens (including phenoxy) is 1. The Hall–Kier alpha value is 0.202. The van der Waals surface area contributed by atoms with Gasteiger partial charge in [0.15, 0.2) is 8.32 Å². The zero-order valence-corrected chi connectivity index (χ0v) is 12.5. The van der Waals surface area contributed by atoms with Crippen LogP contribution in [-0.4, -0.2) is 34.9 Å². The number of hydrogen-bond acceptors (Lipinski definition) is 2. The van der Waals surface area contributed by atoms with E-state index in [1.807, 2.05) is 0 Å². The van der Waals surface area contributed by atoms with Gasteiger partial charge in [-0.1, -0.05) is 27.7 Å². The van der Waals surface area contributed by atoms with Crippen molar-refractivity contribution in [2.24, 2.45) is 5.92 Å². The zero-order valence-electron chi connectivity index (χ0n) is 11.5. The van der Waals surface area contributed by atoms with Crippen LogP contribution in [0.1, 0.15) is 34.1 Å². The van der Waals surface area contributed by atoms with Crippen LogP contribution >= 0.6 is 0 Å². The molecule has 0 amide bonds. The molecule has 0 bridgehead atoms. The minimum atomic E-state index is -1.64. The Morgan fingerprint density at radius 2 is 1.94 bits per heavy atom. The third-order valence-electron chi connectivity index (χ3n) is 3.98. The minimum absolute atomic E-state index is 0.104. The summed E-state index contributed by atoms with van der Waals surface area (Å²) >= 11 is 0. The fraction of sp³-hybridized carbons (Fsp3) is 1.00. The summed E-state index contributed by atoms with van der Waals surface area (Å²) in [5, 5.41) is 0.263. The van der Waals surface area contributed by atoms with Crippen molar-refractivity contribution in [2.45, 2.75) is 64.4 Å². The molecule has 0 aliphatic carbocycles. The van der Waals surface area contributed by atoms with Crippen LogP contribution in [0.5, 0.6) is 0 Å². The lowest BCUT2D eigenvalue weighted by molar-refractivity contribution is 0.0439. The van der Waals surface area contributed by atoms with E-state index in [9.17, 15) is 0 Å². The summed E-state index contributed by atoms with van der Waals surface area (Å²) in [4.78, 5) is 0. The van der Waals surface area contributed by atoms with Crippen molar-refractivity contribution in [3.63, 3.8) is 0 Å². The van der Waals surface area contributed by atoms with Crippen LogP contribution in [0.4, 0.5) is 0 Å². The Kier molecular flexibility index (Phi) is 4.30. The highest BCUT2D eigenvalue weighted by atomic mass is 28.4. The predicted octanol–water partition coefficient (Wildman–Crippen LogP) is 2.93. The van der Waals surface area contributed by atoms with Crippen LogP contribution in [0.25, 0.3) is 0 Å². The number of hydrogen-bond donors (Lipinski definition) is 0. The minimum Gasteiger partial charge on any atom is -0.414 e. The molecule has 0 aromatic rings. The molecule has 1 saturated heterocycles. The second-order valence-corrected chi connectivity index (χ2v) is 11.3. The molecule has 1 aliphatic heterocycles. The third kappa shape index (κ3) is 3.35. The van der Waals surface area contributed by atoms with E-state index in [0.29, 0.717) is 12.5 Å². The van der Waals surface area contributed by atoms with Crippen molar-refractivity contribution in [3.8, 4) is 0 Å². The SMILES string of the molecule is [B][C@@H]1O[C@H](CO[Si](C)(C)C(C)(C)C)C[C@@H]1C. The van der Waals surface area contributed by atoms with Gasteiger partial charge in [0.2, 0.25) is 0 Å². The first-order valence-electron chi connectivity index (χ1n) is 6.18. The third-order valence-corrected chi connectivity index (χ3v) is 8.48. The molecule has 2 radical (unpaired) electrons. The molecular formula is C12H25BO2Si. The van der Waals surface area contributed by atoms with Crippen LogP contribution in [0.15, 0.2) is 0 Å². The summed E-state index contributed by atoms with van der Waals surface area (Å²) in [5.74, 6) is 0.452. The van der Waals surface area contributed by atoms with Crippen LogP contribution in [-0.2, 0) is 9.16 Å². The van der Waals surface area contributed by atoms with Gasteiger partial charge in [0.25, 0.3) is 0 Å². The van der Waals surface area contributed by atoms with Crippen LogP contribution in [0.3, 0.4) is 0 Å². The summed E-state index contributed by atoms with van der Waals surface area (Å²) in [6.07, 6.45) is 1.22. The summed E-state index contributed by atoms with van der Waals surface area (Å²) < 4.78 is 11.8. The van der Waals surface area contributed by atoms with Crippen LogP contribution in [0, 0.1) is 5.92 Å². The Balaban J connectivity index is 2.41. The lowest BCUT2D eigenvalue weighted by atomic mass is 9.88. The molecule has 3 atom stereocenters. The van der Waals surface area contributed by atoms with Crippen molar-refractivity contribution in [1.82, 2.24) is 0 Å². The Bertz CT molecular complexity index is 228. The lowest BCUT2D eigenvalue weighted by Crippen LogP contribution is -2.42. The van der Waals surface area contributed by atoms with E-state index in [1.54, 1.807) is 0 Å². The van der Waals surface area contributed by atoms with Gasteiger partial charge in [0.05, 0.1) is 12.7 Å². The zero-order chi connectivity index (χ0) is 12.6. The highest BCUT2D eigenvalue weighted by Gasteiger charge is 2.38. The quantitative estimate of drug-likeness (QED) is 0.706. The first-order chi connectivity index (χ1) is 7.13.